The zero-order valence-corrected chi connectivity index (χ0v) is 13.1. The van der Waals surface area contributed by atoms with Crippen molar-refractivity contribution >= 4 is 11.6 Å². The Kier molecular flexibility index (Phi) is 5.87. The van der Waals surface area contributed by atoms with E-state index in [1.54, 1.807) is 0 Å². The van der Waals surface area contributed by atoms with Gasteiger partial charge in [0.05, 0.1) is 5.56 Å². The van der Waals surface area contributed by atoms with Crippen LogP contribution in [0.15, 0.2) is 12.1 Å². The molecule has 0 atom stereocenters. The highest BCUT2D eigenvalue weighted by Crippen LogP contribution is 2.33. The zero-order chi connectivity index (χ0) is 16.1. The van der Waals surface area contributed by atoms with Crippen LogP contribution in [0.5, 0.6) is 0 Å². The van der Waals surface area contributed by atoms with Crippen molar-refractivity contribution in [1.29, 1.82) is 0 Å². The van der Waals surface area contributed by atoms with Gasteiger partial charge in [-0.05, 0) is 38.3 Å². The van der Waals surface area contributed by atoms with Crippen LogP contribution in [-0.4, -0.2) is 17.1 Å². The minimum Gasteiger partial charge on any atom is -0.370 e. The number of anilines is 2. The first-order valence-electron chi connectivity index (χ1n) is 7.35. The number of nitrogens with zero attached hydrogens (tertiary/aromatic N) is 1. The van der Waals surface area contributed by atoms with Gasteiger partial charge in [-0.1, -0.05) is 20.8 Å². The Labute approximate surface area is 124 Å². The highest BCUT2D eigenvalue weighted by Gasteiger charge is 2.32. The second-order valence-corrected chi connectivity index (χ2v) is 5.44. The lowest BCUT2D eigenvalue weighted by molar-refractivity contribution is -0.137. The third-order valence-corrected chi connectivity index (χ3v) is 3.70. The van der Waals surface area contributed by atoms with E-state index < -0.39 is 11.7 Å². The van der Waals surface area contributed by atoms with Crippen molar-refractivity contribution in [1.82, 2.24) is 4.98 Å². The van der Waals surface area contributed by atoms with E-state index in [-0.39, 0.29) is 17.2 Å². The molecule has 0 aliphatic heterocycles. The summed E-state index contributed by atoms with van der Waals surface area (Å²) in [6.07, 6.45) is -1.95. The van der Waals surface area contributed by atoms with Gasteiger partial charge in [0, 0.05) is 12.1 Å². The van der Waals surface area contributed by atoms with Gasteiger partial charge in [0.2, 0.25) is 0 Å². The quantitative estimate of drug-likeness (QED) is 0.751. The number of hydrogen-bond acceptors (Lipinski definition) is 3. The molecule has 0 saturated carbocycles. The highest BCUT2D eigenvalue weighted by atomic mass is 19.4. The Morgan fingerprint density at radius 2 is 1.62 bits per heavy atom. The summed E-state index contributed by atoms with van der Waals surface area (Å²) in [5.74, 6) is 0.512. The van der Waals surface area contributed by atoms with Crippen LogP contribution in [0, 0.1) is 0 Å². The predicted octanol–water partition coefficient (Wildman–Crippen LogP) is 4.91. The van der Waals surface area contributed by atoms with Gasteiger partial charge in [-0.3, -0.25) is 0 Å². The molecule has 6 heteroatoms. The lowest BCUT2D eigenvalue weighted by atomic mass is 9.95. The minimum atomic E-state index is -4.38. The van der Waals surface area contributed by atoms with Gasteiger partial charge < -0.3 is 10.6 Å². The molecule has 0 aliphatic rings. The molecule has 0 radical (unpaired) electrons. The van der Waals surface area contributed by atoms with Crippen LogP contribution in [-0.2, 0) is 6.18 Å². The summed E-state index contributed by atoms with van der Waals surface area (Å²) in [5, 5.41) is 6.05. The molecule has 0 unspecified atom stereocenters. The third kappa shape index (κ3) is 5.10. The molecule has 1 heterocycles. The van der Waals surface area contributed by atoms with Gasteiger partial charge in [0.25, 0.3) is 0 Å². The molecule has 120 valence electrons. The van der Waals surface area contributed by atoms with E-state index >= 15 is 0 Å². The van der Waals surface area contributed by atoms with Crippen LogP contribution in [0.25, 0.3) is 0 Å². The van der Waals surface area contributed by atoms with Crippen LogP contribution in [0.3, 0.4) is 0 Å². The molecule has 0 aliphatic carbocycles. The van der Waals surface area contributed by atoms with Gasteiger partial charge in [-0.15, -0.1) is 0 Å². The molecule has 0 saturated heterocycles. The fourth-order valence-electron chi connectivity index (χ4n) is 1.84. The normalized spacial score (nSPS) is 12.3. The Morgan fingerprint density at radius 1 is 1.05 bits per heavy atom. The molecule has 0 fully saturated rings. The van der Waals surface area contributed by atoms with E-state index in [1.807, 2.05) is 27.7 Å². The summed E-state index contributed by atoms with van der Waals surface area (Å²) >= 11 is 0. The van der Waals surface area contributed by atoms with Crippen LogP contribution >= 0.6 is 0 Å². The van der Waals surface area contributed by atoms with Crippen LogP contribution in [0.1, 0.15) is 52.5 Å². The Bertz CT molecular complexity index is 454. The average Bonchev–Trinajstić information content (AvgIpc) is 2.43. The van der Waals surface area contributed by atoms with Crippen molar-refractivity contribution in [3.63, 3.8) is 0 Å². The molecular formula is C15H24F3N3. The molecule has 2 N–H and O–H groups in total. The average molecular weight is 303 g/mol. The van der Waals surface area contributed by atoms with Crippen molar-refractivity contribution in [2.75, 3.05) is 17.2 Å². The number of hydrogen-bond donors (Lipinski definition) is 2. The van der Waals surface area contributed by atoms with Crippen molar-refractivity contribution in [2.45, 2.75) is 58.7 Å². The first-order valence-corrected chi connectivity index (χ1v) is 7.35. The number of alkyl halides is 3. The maximum atomic E-state index is 13.0. The monoisotopic (exact) mass is 303 g/mol. The van der Waals surface area contributed by atoms with E-state index in [0.29, 0.717) is 6.54 Å². The van der Waals surface area contributed by atoms with E-state index in [1.165, 1.54) is 0 Å². The smallest absolute Gasteiger partial charge is 0.370 e. The maximum absolute atomic E-state index is 13.0. The van der Waals surface area contributed by atoms with E-state index in [2.05, 4.69) is 15.6 Å². The summed E-state index contributed by atoms with van der Waals surface area (Å²) in [5.41, 5.74) is -0.952. The maximum Gasteiger partial charge on any atom is 0.416 e. The van der Waals surface area contributed by atoms with Gasteiger partial charge in [-0.25, -0.2) is 4.98 Å². The molecule has 0 bridgehead atoms. The number of aromatic nitrogens is 1. The number of rotatable bonds is 7. The van der Waals surface area contributed by atoms with Gasteiger partial charge in [0.1, 0.15) is 11.6 Å². The van der Waals surface area contributed by atoms with Crippen molar-refractivity contribution < 1.29 is 13.2 Å². The lowest BCUT2D eigenvalue weighted by Crippen LogP contribution is -2.33. The first kappa shape index (κ1) is 17.6. The Hall–Kier alpha value is -1.46. The van der Waals surface area contributed by atoms with E-state index in [0.717, 1.165) is 31.4 Å². The van der Waals surface area contributed by atoms with Gasteiger partial charge in [-0.2, -0.15) is 13.2 Å². The molecule has 0 spiro atoms. The fraction of sp³-hybridized carbons (Fsp3) is 0.667. The SMILES string of the molecule is CCCNc1cc(C(F)(F)F)cc(NC(C)(CC)CC)n1. The highest BCUT2D eigenvalue weighted by molar-refractivity contribution is 5.50. The number of nitrogens with one attached hydrogen (secondary N) is 2. The summed E-state index contributed by atoms with van der Waals surface area (Å²) in [6, 6.07) is 2.12. The van der Waals surface area contributed by atoms with Crippen molar-refractivity contribution in [3.05, 3.63) is 17.7 Å². The number of pyridine rings is 1. The standard InChI is InChI=1S/C15H24F3N3/c1-5-8-19-12-9-11(15(16,17)18)10-13(20-12)21-14(4,6-2)7-3/h9-10H,5-8H2,1-4H3,(H2,19,20,21). The zero-order valence-electron chi connectivity index (χ0n) is 13.1. The van der Waals surface area contributed by atoms with Gasteiger partial charge >= 0.3 is 6.18 Å². The molecule has 0 aromatic carbocycles. The Balaban J connectivity index is 3.12. The number of halogens is 3. The second kappa shape index (κ2) is 7.00. The largest absolute Gasteiger partial charge is 0.416 e. The summed E-state index contributed by atoms with van der Waals surface area (Å²) < 4.78 is 39.0. The van der Waals surface area contributed by atoms with E-state index in [4.69, 9.17) is 0 Å². The topological polar surface area (TPSA) is 37.0 Å². The molecule has 21 heavy (non-hydrogen) atoms. The van der Waals surface area contributed by atoms with Crippen LogP contribution in [0.2, 0.25) is 0 Å². The van der Waals surface area contributed by atoms with Crippen LogP contribution < -0.4 is 10.6 Å². The molecule has 1 rings (SSSR count). The molecule has 3 nitrogen and oxygen atoms in total. The fourth-order valence-corrected chi connectivity index (χ4v) is 1.84. The van der Waals surface area contributed by atoms with Crippen LogP contribution in [0.4, 0.5) is 24.8 Å². The molecule has 1 aromatic heterocycles. The summed E-state index contributed by atoms with van der Waals surface area (Å²) in [6.45, 7) is 8.52. The van der Waals surface area contributed by atoms with E-state index in [9.17, 15) is 13.2 Å². The second-order valence-electron chi connectivity index (χ2n) is 5.44. The Morgan fingerprint density at radius 3 is 2.10 bits per heavy atom. The third-order valence-electron chi connectivity index (χ3n) is 3.70. The summed E-state index contributed by atoms with van der Waals surface area (Å²) in [7, 11) is 0. The molecule has 0 amide bonds. The molecular weight excluding hydrogens is 279 g/mol. The minimum absolute atomic E-state index is 0.253. The first-order chi connectivity index (χ1) is 9.74. The molecule has 1 aromatic rings. The summed E-state index contributed by atoms with van der Waals surface area (Å²) in [4.78, 5) is 4.24. The van der Waals surface area contributed by atoms with Crippen molar-refractivity contribution in [2.24, 2.45) is 0 Å². The van der Waals surface area contributed by atoms with Crippen molar-refractivity contribution in [3.8, 4) is 0 Å². The predicted molar refractivity (Wildman–Crippen MR) is 80.6 cm³/mol. The lowest BCUT2D eigenvalue weighted by Gasteiger charge is -2.29. The van der Waals surface area contributed by atoms with Gasteiger partial charge in [0.15, 0.2) is 0 Å².